The van der Waals surface area contributed by atoms with Crippen LogP contribution in [0.5, 0.6) is 5.75 Å². The molecule has 0 aliphatic heterocycles. The van der Waals surface area contributed by atoms with Crippen molar-refractivity contribution in [2.75, 3.05) is 17.7 Å². The van der Waals surface area contributed by atoms with E-state index in [4.69, 9.17) is 22.1 Å². The summed E-state index contributed by atoms with van der Waals surface area (Å²) >= 11 is 9.43. The molecule has 0 radical (unpaired) electrons. The van der Waals surface area contributed by atoms with E-state index in [1.54, 1.807) is 30.3 Å². The summed E-state index contributed by atoms with van der Waals surface area (Å²) in [5.41, 5.74) is 7.75. The summed E-state index contributed by atoms with van der Waals surface area (Å²) in [6.45, 7) is 1.78. The number of nitrogen functional groups attached to an aromatic ring is 1. The first-order chi connectivity index (χ1) is 9.95. The predicted octanol–water partition coefficient (Wildman–Crippen LogP) is 4.01. The lowest BCUT2D eigenvalue weighted by Gasteiger charge is -2.10. The van der Waals surface area contributed by atoms with Crippen molar-refractivity contribution in [3.05, 3.63) is 51.5 Å². The van der Waals surface area contributed by atoms with E-state index in [-0.39, 0.29) is 12.5 Å². The van der Waals surface area contributed by atoms with E-state index in [9.17, 15) is 4.79 Å². The molecule has 0 bridgehead atoms. The van der Waals surface area contributed by atoms with Gasteiger partial charge in [0.2, 0.25) is 0 Å². The summed E-state index contributed by atoms with van der Waals surface area (Å²) in [5, 5.41) is 3.32. The van der Waals surface area contributed by atoms with E-state index in [0.29, 0.717) is 22.1 Å². The first kappa shape index (κ1) is 15.7. The molecule has 0 atom stereocenters. The Hall–Kier alpha value is -1.72. The van der Waals surface area contributed by atoms with E-state index >= 15 is 0 Å². The van der Waals surface area contributed by atoms with Crippen molar-refractivity contribution < 1.29 is 9.53 Å². The van der Waals surface area contributed by atoms with Gasteiger partial charge in [0.1, 0.15) is 5.75 Å². The number of nitrogens with two attached hydrogens (primary N) is 1. The van der Waals surface area contributed by atoms with E-state index < -0.39 is 0 Å². The number of halogens is 2. The highest BCUT2D eigenvalue weighted by Crippen LogP contribution is 2.29. The van der Waals surface area contributed by atoms with E-state index in [0.717, 1.165) is 10.0 Å². The molecule has 0 saturated carbocycles. The van der Waals surface area contributed by atoms with E-state index in [1.165, 1.54) is 0 Å². The molecule has 0 saturated heterocycles. The number of aryl methyl sites for hydroxylation is 1. The van der Waals surface area contributed by atoms with Crippen LogP contribution in [0.25, 0.3) is 0 Å². The van der Waals surface area contributed by atoms with Gasteiger partial charge in [-0.3, -0.25) is 4.79 Å². The normalized spacial score (nSPS) is 10.2. The predicted molar refractivity (Wildman–Crippen MR) is 88.9 cm³/mol. The first-order valence-electron chi connectivity index (χ1n) is 6.19. The van der Waals surface area contributed by atoms with E-state index in [2.05, 4.69) is 21.2 Å². The van der Waals surface area contributed by atoms with Crippen molar-refractivity contribution in [3.63, 3.8) is 0 Å². The molecule has 2 aromatic rings. The van der Waals surface area contributed by atoms with Crippen LogP contribution in [0.2, 0.25) is 5.02 Å². The van der Waals surface area contributed by atoms with Crippen molar-refractivity contribution in [1.29, 1.82) is 0 Å². The summed E-state index contributed by atoms with van der Waals surface area (Å²) in [4.78, 5) is 11.9. The Labute approximate surface area is 136 Å². The molecule has 0 fully saturated rings. The average molecular weight is 370 g/mol. The Morgan fingerprint density at radius 3 is 2.86 bits per heavy atom. The Kier molecular flexibility index (Phi) is 5.09. The van der Waals surface area contributed by atoms with Crippen LogP contribution in [0.15, 0.2) is 40.9 Å². The standard InChI is InChI=1S/C15H14BrClN2O2/c1-9-5-12(16)14(7-13(9)17)19-15(20)8-21-11-4-2-3-10(18)6-11/h2-7H,8,18H2,1H3,(H,19,20). The first-order valence-corrected chi connectivity index (χ1v) is 7.36. The molecule has 21 heavy (non-hydrogen) atoms. The minimum Gasteiger partial charge on any atom is -0.484 e. The smallest absolute Gasteiger partial charge is 0.262 e. The highest BCUT2D eigenvalue weighted by atomic mass is 79.9. The number of rotatable bonds is 4. The lowest BCUT2D eigenvalue weighted by molar-refractivity contribution is -0.118. The molecule has 0 unspecified atom stereocenters. The lowest BCUT2D eigenvalue weighted by atomic mass is 10.2. The highest BCUT2D eigenvalue weighted by Gasteiger charge is 2.09. The van der Waals surface area contributed by atoms with Gasteiger partial charge in [0, 0.05) is 21.2 Å². The number of ether oxygens (including phenoxy) is 1. The average Bonchev–Trinajstić information content (AvgIpc) is 2.43. The maximum absolute atomic E-state index is 11.9. The third-order valence-corrected chi connectivity index (χ3v) is 3.81. The van der Waals surface area contributed by atoms with Crippen molar-refractivity contribution in [3.8, 4) is 5.75 Å². The number of benzene rings is 2. The second-order valence-corrected chi connectivity index (χ2v) is 5.75. The molecular weight excluding hydrogens is 356 g/mol. The maximum Gasteiger partial charge on any atom is 0.262 e. The van der Waals surface area contributed by atoms with Crippen molar-refractivity contribution >= 4 is 44.8 Å². The molecule has 2 aromatic carbocycles. The fourth-order valence-corrected chi connectivity index (χ4v) is 2.40. The molecule has 0 heterocycles. The summed E-state index contributed by atoms with van der Waals surface area (Å²) in [7, 11) is 0. The second kappa shape index (κ2) is 6.83. The number of amides is 1. The molecule has 0 aliphatic carbocycles. The van der Waals surface area contributed by atoms with Gasteiger partial charge in [-0.25, -0.2) is 0 Å². The molecule has 0 spiro atoms. The molecule has 0 aliphatic rings. The van der Waals surface area contributed by atoms with Gasteiger partial charge < -0.3 is 15.8 Å². The quantitative estimate of drug-likeness (QED) is 0.800. The van der Waals surface area contributed by atoms with Gasteiger partial charge in [-0.05, 0) is 52.7 Å². The van der Waals surface area contributed by atoms with E-state index in [1.807, 2.05) is 13.0 Å². The lowest BCUT2D eigenvalue weighted by Crippen LogP contribution is -2.20. The SMILES string of the molecule is Cc1cc(Br)c(NC(=O)COc2cccc(N)c2)cc1Cl. The van der Waals surface area contributed by atoms with Crippen LogP contribution >= 0.6 is 27.5 Å². The number of carbonyl (C=O) groups is 1. The number of nitrogens with one attached hydrogen (secondary N) is 1. The fourth-order valence-electron chi connectivity index (χ4n) is 1.68. The van der Waals surface area contributed by atoms with Crippen LogP contribution in [0.1, 0.15) is 5.56 Å². The van der Waals surface area contributed by atoms with Gasteiger partial charge in [-0.1, -0.05) is 17.7 Å². The van der Waals surface area contributed by atoms with Crippen LogP contribution in [0.3, 0.4) is 0 Å². The zero-order chi connectivity index (χ0) is 15.4. The minimum atomic E-state index is -0.280. The summed E-state index contributed by atoms with van der Waals surface area (Å²) < 4.78 is 6.14. The van der Waals surface area contributed by atoms with Crippen molar-refractivity contribution in [2.24, 2.45) is 0 Å². The van der Waals surface area contributed by atoms with Gasteiger partial charge in [0.25, 0.3) is 5.91 Å². The maximum atomic E-state index is 11.9. The Balaban J connectivity index is 1.97. The molecule has 0 aromatic heterocycles. The van der Waals surface area contributed by atoms with Crippen LogP contribution in [0.4, 0.5) is 11.4 Å². The van der Waals surface area contributed by atoms with Crippen LogP contribution in [0, 0.1) is 6.92 Å². The summed E-state index contributed by atoms with van der Waals surface area (Å²) in [6.07, 6.45) is 0. The molecule has 6 heteroatoms. The molecule has 110 valence electrons. The Morgan fingerprint density at radius 2 is 2.14 bits per heavy atom. The highest BCUT2D eigenvalue weighted by molar-refractivity contribution is 9.10. The number of hydrogen-bond donors (Lipinski definition) is 2. The van der Waals surface area contributed by atoms with Crippen LogP contribution < -0.4 is 15.8 Å². The van der Waals surface area contributed by atoms with Gasteiger partial charge >= 0.3 is 0 Å². The van der Waals surface area contributed by atoms with Gasteiger partial charge in [-0.2, -0.15) is 0 Å². The monoisotopic (exact) mass is 368 g/mol. The van der Waals surface area contributed by atoms with Crippen molar-refractivity contribution in [1.82, 2.24) is 0 Å². The molecular formula is C15H14BrClN2O2. The largest absolute Gasteiger partial charge is 0.484 e. The fraction of sp³-hybridized carbons (Fsp3) is 0.133. The topological polar surface area (TPSA) is 64.3 Å². The van der Waals surface area contributed by atoms with Gasteiger partial charge in [0.15, 0.2) is 6.61 Å². The van der Waals surface area contributed by atoms with Crippen molar-refractivity contribution in [2.45, 2.75) is 6.92 Å². The number of hydrogen-bond acceptors (Lipinski definition) is 3. The van der Waals surface area contributed by atoms with Crippen LogP contribution in [-0.2, 0) is 4.79 Å². The van der Waals surface area contributed by atoms with Gasteiger partial charge in [0.05, 0.1) is 5.69 Å². The number of anilines is 2. The Bertz CT molecular complexity index is 677. The third-order valence-electron chi connectivity index (χ3n) is 2.75. The molecule has 4 nitrogen and oxygen atoms in total. The zero-order valence-electron chi connectivity index (χ0n) is 11.3. The van der Waals surface area contributed by atoms with Gasteiger partial charge in [-0.15, -0.1) is 0 Å². The Morgan fingerprint density at radius 1 is 1.38 bits per heavy atom. The third kappa shape index (κ3) is 4.37. The molecule has 1 amide bonds. The molecule has 2 rings (SSSR count). The summed E-state index contributed by atoms with van der Waals surface area (Å²) in [6, 6.07) is 10.4. The zero-order valence-corrected chi connectivity index (χ0v) is 13.7. The van der Waals surface area contributed by atoms with Crippen LogP contribution in [-0.4, -0.2) is 12.5 Å². The molecule has 3 N–H and O–H groups in total. The minimum absolute atomic E-state index is 0.110. The second-order valence-electron chi connectivity index (χ2n) is 4.49. The number of carbonyl (C=O) groups excluding carboxylic acids is 1. The summed E-state index contributed by atoms with van der Waals surface area (Å²) in [5.74, 6) is 0.268.